The average molecular weight is 492 g/mol. The van der Waals surface area contributed by atoms with Crippen LogP contribution in [0.1, 0.15) is 18.1 Å². The Morgan fingerprint density at radius 3 is 2.15 bits per heavy atom. The maximum absolute atomic E-state index is 12.9. The number of hydrogen-bond donors (Lipinski definition) is 1. The normalized spacial score (nSPS) is 17.2. The van der Waals surface area contributed by atoms with E-state index < -0.39 is 21.8 Å². The minimum absolute atomic E-state index is 0.249. The number of fused-ring (bicyclic) bond motifs is 1. The van der Waals surface area contributed by atoms with E-state index in [2.05, 4.69) is 14.5 Å². The minimum Gasteiger partial charge on any atom is -0.299 e. The molecule has 1 heterocycles. The molecule has 0 saturated carbocycles. The van der Waals surface area contributed by atoms with E-state index in [1.807, 2.05) is 37.3 Å². The monoisotopic (exact) mass is 491 g/mol. The molecular formula is C25H28F3N3O2S. The first kappa shape index (κ1) is 24.7. The van der Waals surface area contributed by atoms with E-state index >= 15 is 0 Å². The molecule has 9 heteroatoms. The molecule has 3 aromatic carbocycles. The number of benzene rings is 3. The Labute approximate surface area is 198 Å². The maximum atomic E-state index is 12.9. The summed E-state index contributed by atoms with van der Waals surface area (Å²) in [5.41, 5.74) is 0.208. The fourth-order valence-electron chi connectivity index (χ4n) is 4.28. The summed E-state index contributed by atoms with van der Waals surface area (Å²) < 4.78 is 66.7. The highest BCUT2D eigenvalue weighted by Crippen LogP contribution is 2.29. The summed E-state index contributed by atoms with van der Waals surface area (Å²) in [5, 5.41) is 1.87. The molecule has 0 amide bonds. The molecule has 0 radical (unpaired) electrons. The maximum Gasteiger partial charge on any atom is 0.416 e. The summed E-state index contributed by atoms with van der Waals surface area (Å²) in [6.07, 6.45) is -4.32. The Morgan fingerprint density at radius 2 is 1.50 bits per heavy atom. The Kier molecular flexibility index (Phi) is 7.28. The van der Waals surface area contributed by atoms with Crippen LogP contribution < -0.4 is 4.72 Å². The largest absolute Gasteiger partial charge is 0.416 e. The number of hydrogen-bond acceptors (Lipinski definition) is 4. The summed E-state index contributed by atoms with van der Waals surface area (Å²) in [6.45, 7) is 6.10. The first-order valence-electron chi connectivity index (χ1n) is 11.2. The van der Waals surface area contributed by atoms with Gasteiger partial charge in [0.1, 0.15) is 0 Å². The van der Waals surface area contributed by atoms with Crippen LogP contribution in [0.5, 0.6) is 0 Å². The molecule has 3 aromatic rings. The molecule has 1 N–H and O–H groups in total. The van der Waals surface area contributed by atoms with Gasteiger partial charge in [-0.15, -0.1) is 0 Å². The molecule has 0 aromatic heterocycles. The van der Waals surface area contributed by atoms with Crippen molar-refractivity contribution < 1.29 is 21.6 Å². The first-order valence-corrected chi connectivity index (χ1v) is 12.7. The highest BCUT2D eigenvalue weighted by molar-refractivity contribution is 7.89. The van der Waals surface area contributed by atoms with Crippen LogP contribution in [-0.4, -0.2) is 57.0 Å². The highest BCUT2D eigenvalue weighted by Gasteiger charge is 2.30. The molecule has 0 spiro atoms. The summed E-state index contributed by atoms with van der Waals surface area (Å²) in [6, 6.07) is 17.8. The predicted octanol–water partition coefficient (Wildman–Crippen LogP) is 4.34. The van der Waals surface area contributed by atoms with Crippen LogP contribution >= 0.6 is 0 Å². The zero-order valence-corrected chi connectivity index (χ0v) is 19.7. The van der Waals surface area contributed by atoms with Crippen LogP contribution in [0.3, 0.4) is 0 Å². The third kappa shape index (κ3) is 6.15. The van der Waals surface area contributed by atoms with Crippen molar-refractivity contribution in [2.45, 2.75) is 30.6 Å². The van der Waals surface area contributed by atoms with Gasteiger partial charge in [-0.05, 0) is 47.5 Å². The molecule has 1 aliphatic rings. The van der Waals surface area contributed by atoms with Crippen molar-refractivity contribution in [1.29, 1.82) is 0 Å². The molecule has 5 nitrogen and oxygen atoms in total. The van der Waals surface area contributed by atoms with Crippen LogP contribution in [0.4, 0.5) is 13.2 Å². The molecule has 34 heavy (non-hydrogen) atoms. The average Bonchev–Trinajstić information content (AvgIpc) is 2.79. The number of piperazine rings is 1. The number of nitrogens with zero attached hydrogens (tertiary/aromatic N) is 2. The van der Waals surface area contributed by atoms with E-state index in [4.69, 9.17) is 0 Å². The standard InChI is InChI=1S/C25H28F3N3O2S/c1-19(29-34(32,33)24-11-8-21-4-2-3-5-22(21)16-24)17-30-12-14-31(15-13-30)18-20-6-9-23(10-7-20)25(26,27)28/h2-11,16,19,29H,12-15,17-18H2,1H3/t19-/m1/s1. The number of nitrogens with one attached hydrogen (secondary N) is 1. The van der Waals surface area contributed by atoms with Gasteiger partial charge in [-0.3, -0.25) is 9.80 Å². The summed E-state index contributed by atoms with van der Waals surface area (Å²) in [7, 11) is -3.63. The topological polar surface area (TPSA) is 52.6 Å². The lowest BCUT2D eigenvalue weighted by molar-refractivity contribution is -0.137. The summed E-state index contributed by atoms with van der Waals surface area (Å²) in [5.74, 6) is 0. The van der Waals surface area contributed by atoms with Gasteiger partial charge in [0.25, 0.3) is 0 Å². The van der Waals surface area contributed by atoms with E-state index in [-0.39, 0.29) is 10.9 Å². The SMILES string of the molecule is C[C@H](CN1CCN(Cc2ccc(C(F)(F)F)cc2)CC1)NS(=O)(=O)c1ccc2ccccc2c1. The van der Waals surface area contributed by atoms with Crippen LogP contribution in [0.2, 0.25) is 0 Å². The van der Waals surface area contributed by atoms with Crippen LogP contribution in [0.15, 0.2) is 71.6 Å². The molecule has 1 saturated heterocycles. The molecule has 0 aliphatic carbocycles. The van der Waals surface area contributed by atoms with Crippen molar-refractivity contribution in [3.8, 4) is 0 Å². The van der Waals surface area contributed by atoms with Gasteiger partial charge in [0, 0.05) is 45.3 Å². The zero-order chi connectivity index (χ0) is 24.3. The number of halogens is 3. The smallest absolute Gasteiger partial charge is 0.299 e. The van der Waals surface area contributed by atoms with E-state index in [0.29, 0.717) is 13.1 Å². The summed E-state index contributed by atoms with van der Waals surface area (Å²) >= 11 is 0. The van der Waals surface area contributed by atoms with Gasteiger partial charge in [-0.1, -0.05) is 42.5 Å². The van der Waals surface area contributed by atoms with Crippen molar-refractivity contribution in [3.05, 3.63) is 77.9 Å². The number of sulfonamides is 1. The van der Waals surface area contributed by atoms with Crippen molar-refractivity contribution in [2.75, 3.05) is 32.7 Å². The quantitative estimate of drug-likeness (QED) is 0.534. The van der Waals surface area contributed by atoms with E-state index in [0.717, 1.165) is 54.6 Å². The van der Waals surface area contributed by atoms with Gasteiger partial charge in [0.2, 0.25) is 10.0 Å². The molecule has 182 valence electrons. The van der Waals surface area contributed by atoms with Gasteiger partial charge in [-0.25, -0.2) is 13.1 Å². The Morgan fingerprint density at radius 1 is 0.882 bits per heavy atom. The second kappa shape index (κ2) is 10.0. The van der Waals surface area contributed by atoms with E-state index in [9.17, 15) is 21.6 Å². The first-order chi connectivity index (χ1) is 16.1. The zero-order valence-electron chi connectivity index (χ0n) is 18.9. The van der Waals surface area contributed by atoms with Crippen molar-refractivity contribution in [2.24, 2.45) is 0 Å². The van der Waals surface area contributed by atoms with Crippen molar-refractivity contribution in [1.82, 2.24) is 14.5 Å². The van der Waals surface area contributed by atoms with E-state index in [1.54, 1.807) is 12.1 Å². The predicted molar refractivity (Wildman–Crippen MR) is 127 cm³/mol. The van der Waals surface area contributed by atoms with Crippen molar-refractivity contribution in [3.63, 3.8) is 0 Å². The van der Waals surface area contributed by atoms with Gasteiger partial charge in [-0.2, -0.15) is 13.2 Å². The fourth-order valence-corrected chi connectivity index (χ4v) is 5.55. The third-order valence-corrected chi connectivity index (χ3v) is 7.66. The lowest BCUT2D eigenvalue weighted by atomic mass is 10.1. The molecule has 1 atom stereocenters. The Hall–Kier alpha value is -2.46. The molecular weight excluding hydrogens is 463 g/mol. The fraction of sp³-hybridized carbons (Fsp3) is 0.360. The Balaban J connectivity index is 1.27. The number of alkyl halides is 3. The molecule has 1 fully saturated rings. The van der Waals surface area contributed by atoms with E-state index in [1.165, 1.54) is 12.1 Å². The molecule has 4 rings (SSSR count). The van der Waals surface area contributed by atoms with Gasteiger partial charge >= 0.3 is 6.18 Å². The van der Waals surface area contributed by atoms with Gasteiger partial charge in [0.15, 0.2) is 0 Å². The number of rotatable bonds is 7. The summed E-state index contributed by atoms with van der Waals surface area (Å²) in [4.78, 5) is 4.65. The van der Waals surface area contributed by atoms with Crippen LogP contribution in [0, 0.1) is 0 Å². The highest BCUT2D eigenvalue weighted by atomic mass is 32.2. The van der Waals surface area contributed by atoms with Crippen molar-refractivity contribution >= 4 is 20.8 Å². The van der Waals surface area contributed by atoms with Gasteiger partial charge < -0.3 is 0 Å². The lowest BCUT2D eigenvalue weighted by Gasteiger charge is -2.36. The van der Waals surface area contributed by atoms with Crippen LogP contribution in [-0.2, 0) is 22.7 Å². The lowest BCUT2D eigenvalue weighted by Crippen LogP contribution is -2.50. The second-order valence-electron chi connectivity index (χ2n) is 8.80. The third-order valence-electron chi connectivity index (χ3n) is 6.07. The molecule has 0 unspecified atom stereocenters. The molecule has 0 bridgehead atoms. The molecule has 1 aliphatic heterocycles. The van der Waals surface area contributed by atoms with Crippen LogP contribution in [0.25, 0.3) is 10.8 Å². The second-order valence-corrected chi connectivity index (χ2v) is 10.5. The van der Waals surface area contributed by atoms with Gasteiger partial charge in [0.05, 0.1) is 10.5 Å². The minimum atomic E-state index is -4.32. The Bertz CT molecular complexity index is 1220.